The van der Waals surface area contributed by atoms with E-state index in [1.54, 1.807) is 6.07 Å². The molecule has 0 saturated carbocycles. The third-order valence-electron chi connectivity index (χ3n) is 4.23. The molecule has 1 aliphatic heterocycles. The highest BCUT2D eigenvalue weighted by molar-refractivity contribution is 7.90. The lowest BCUT2D eigenvalue weighted by atomic mass is 10.00. The Morgan fingerprint density at radius 3 is 2.59 bits per heavy atom. The van der Waals surface area contributed by atoms with Crippen LogP contribution in [0.5, 0.6) is 0 Å². The molecule has 0 radical (unpaired) electrons. The van der Waals surface area contributed by atoms with Crippen LogP contribution in [0.15, 0.2) is 35.2 Å². The maximum Gasteiger partial charge on any atom is 0.271 e. The van der Waals surface area contributed by atoms with Gasteiger partial charge in [-0.1, -0.05) is 11.6 Å². The Bertz CT molecular complexity index is 1070. The van der Waals surface area contributed by atoms with Crippen molar-refractivity contribution in [2.45, 2.75) is 17.7 Å². The van der Waals surface area contributed by atoms with Crippen molar-refractivity contribution in [3.8, 4) is 0 Å². The average Bonchev–Trinajstić information content (AvgIpc) is 2.59. The minimum atomic E-state index is -3.79. The minimum Gasteiger partial charge on any atom is -0.305 e. The van der Waals surface area contributed by atoms with E-state index in [2.05, 4.69) is 0 Å². The van der Waals surface area contributed by atoms with Gasteiger partial charge < -0.3 is 4.90 Å². The van der Waals surface area contributed by atoms with Crippen LogP contribution in [0.4, 0.5) is 15.8 Å². The molecule has 1 aliphatic rings. The normalized spacial score (nSPS) is 14.0. The highest BCUT2D eigenvalue weighted by Gasteiger charge is 2.29. The Balaban J connectivity index is 2.13. The van der Waals surface area contributed by atoms with E-state index in [1.165, 1.54) is 0 Å². The summed E-state index contributed by atoms with van der Waals surface area (Å²) in [7, 11) is -3.79. The number of nitrogens with zero attached hydrogens (tertiary/aromatic N) is 2. The molecule has 1 amide bonds. The maximum atomic E-state index is 14.5. The number of carbonyl (C=O) groups is 1. The number of benzene rings is 2. The molecule has 0 bridgehead atoms. The van der Waals surface area contributed by atoms with E-state index in [0.29, 0.717) is 18.4 Å². The number of aryl methyl sites for hydroxylation is 1. The van der Waals surface area contributed by atoms with Crippen LogP contribution in [0.25, 0.3) is 0 Å². The van der Waals surface area contributed by atoms with E-state index >= 15 is 0 Å². The molecule has 2 aromatic rings. The van der Waals surface area contributed by atoms with Crippen LogP contribution in [0.3, 0.4) is 0 Å². The lowest BCUT2D eigenvalue weighted by molar-refractivity contribution is -0.385. The SMILES string of the molecule is CS(=O)(=O)c1cc(C(=O)N2CCCc3cc(Cl)cc(F)c32)cc([N+](=O)[O-])c1. The zero-order valence-corrected chi connectivity index (χ0v) is 15.7. The fraction of sp³-hybridized carbons (Fsp3) is 0.235. The quantitative estimate of drug-likeness (QED) is 0.568. The van der Waals surface area contributed by atoms with Gasteiger partial charge in [0.05, 0.1) is 15.5 Å². The van der Waals surface area contributed by atoms with E-state index in [-0.39, 0.29) is 27.7 Å². The van der Waals surface area contributed by atoms with Gasteiger partial charge in [-0.3, -0.25) is 14.9 Å². The summed E-state index contributed by atoms with van der Waals surface area (Å²) in [5, 5.41) is 11.3. The molecule has 0 atom stereocenters. The second kappa shape index (κ2) is 6.90. The first-order valence-corrected chi connectivity index (χ1v) is 10.1. The summed E-state index contributed by atoms with van der Waals surface area (Å²) in [6, 6.07) is 5.58. The molecule has 27 heavy (non-hydrogen) atoms. The summed E-state index contributed by atoms with van der Waals surface area (Å²) in [6.45, 7) is 0.196. The largest absolute Gasteiger partial charge is 0.305 e. The monoisotopic (exact) mass is 412 g/mol. The zero-order chi connectivity index (χ0) is 19.9. The van der Waals surface area contributed by atoms with Crippen LogP contribution in [0.1, 0.15) is 22.3 Å². The van der Waals surface area contributed by atoms with Gasteiger partial charge in [0.15, 0.2) is 9.84 Å². The predicted octanol–water partition coefficient (Wildman–Crippen LogP) is 3.38. The van der Waals surface area contributed by atoms with Gasteiger partial charge in [-0.15, -0.1) is 0 Å². The molecule has 0 saturated heterocycles. The number of nitro benzene ring substituents is 1. The van der Waals surface area contributed by atoms with Gasteiger partial charge in [0, 0.05) is 35.5 Å². The van der Waals surface area contributed by atoms with Crippen molar-refractivity contribution in [3.63, 3.8) is 0 Å². The molecule has 10 heteroatoms. The van der Waals surface area contributed by atoms with Crippen molar-refractivity contribution in [2.75, 3.05) is 17.7 Å². The molecule has 0 aromatic heterocycles. The van der Waals surface area contributed by atoms with Crippen molar-refractivity contribution in [2.24, 2.45) is 0 Å². The summed E-state index contributed by atoms with van der Waals surface area (Å²) in [5.41, 5.74) is -0.127. The van der Waals surface area contributed by atoms with Crippen molar-refractivity contribution >= 4 is 38.7 Å². The molecule has 2 aromatic carbocycles. The Hall–Kier alpha value is -2.52. The third kappa shape index (κ3) is 3.79. The molecule has 0 spiro atoms. The van der Waals surface area contributed by atoms with E-state index in [9.17, 15) is 27.7 Å². The number of carbonyl (C=O) groups excluding carboxylic acids is 1. The minimum absolute atomic E-state index is 0.0584. The van der Waals surface area contributed by atoms with Crippen LogP contribution < -0.4 is 4.90 Å². The van der Waals surface area contributed by atoms with E-state index in [0.717, 1.165) is 35.4 Å². The van der Waals surface area contributed by atoms with Gasteiger partial charge in [-0.25, -0.2) is 12.8 Å². The summed E-state index contributed by atoms with van der Waals surface area (Å²) in [5.74, 6) is -1.40. The van der Waals surface area contributed by atoms with Crippen LogP contribution >= 0.6 is 11.6 Å². The molecule has 0 unspecified atom stereocenters. The van der Waals surface area contributed by atoms with Gasteiger partial charge in [0.25, 0.3) is 11.6 Å². The van der Waals surface area contributed by atoms with Gasteiger partial charge in [-0.2, -0.15) is 0 Å². The number of rotatable bonds is 3. The van der Waals surface area contributed by atoms with Gasteiger partial charge in [0.2, 0.25) is 0 Å². The summed E-state index contributed by atoms with van der Waals surface area (Å²) >= 11 is 5.87. The number of non-ortho nitro benzene ring substituents is 1. The summed E-state index contributed by atoms with van der Waals surface area (Å²) < 4.78 is 38.1. The highest BCUT2D eigenvalue weighted by atomic mass is 35.5. The van der Waals surface area contributed by atoms with E-state index in [1.807, 2.05) is 0 Å². The molecular weight excluding hydrogens is 399 g/mol. The smallest absolute Gasteiger partial charge is 0.271 e. The molecule has 3 rings (SSSR count). The number of sulfone groups is 1. The van der Waals surface area contributed by atoms with E-state index in [4.69, 9.17) is 11.6 Å². The van der Waals surface area contributed by atoms with Crippen molar-refractivity contribution in [1.29, 1.82) is 0 Å². The Morgan fingerprint density at radius 1 is 1.26 bits per heavy atom. The number of fused-ring (bicyclic) bond motifs is 1. The molecule has 142 valence electrons. The lowest BCUT2D eigenvalue weighted by Crippen LogP contribution is -2.36. The van der Waals surface area contributed by atoms with Crippen LogP contribution in [-0.2, 0) is 16.3 Å². The Labute approximate surface area is 159 Å². The van der Waals surface area contributed by atoms with E-state index < -0.39 is 32.2 Å². The first-order chi connectivity index (χ1) is 12.6. The summed E-state index contributed by atoms with van der Waals surface area (Å²) in [4.78, 5) is 24.1. The Kier molecular flexibility index (Phi) is 4.92. The number of hydrogen-bond acceptors (Lipinski definition) is 5. The number of hydrogen-bond donors (Lipinski definition) is 0. The summed E-state index contributed by atoms with van der Waals surface area (Å²) in [6.07, 6.45) is 1.96. The lowest BCUT2D eigenvalue weighted by Gasteiger charge is -2.30. The predicted molar refractivity (Wildman–Crippen MR) is 97.6 cm³/mol. The number of nitro groups is 1. The molecule has 0 fully saturated rings. The third-order valence-corrected chi connectivity index (χ3v) is 5.54. The standard InChI is InChI=1S/C17H14ClFN2O5S/c1-27(25,26)14-7-11(6-13(9-14)21(23)24)17(22)20-4-2-3-10-5-12(18)8-15(19)16(10)20/h5-9H,2-4H2,1H3. The molecule has 7 nitrogen and oxygen atoms in total. The average molecular weight is 413 g/mol. The number of halogens is 2. The van der Waals surface area contributed by atoms with Crippen molar-refractivity contribution < 1.29 is 22.5 Å². The molecule has 0 N–H and O–H groups in total. The zero-order valence-electron chi connectivity index (χ0n) is 14.1. The van der Waals surface area contributed by atoms with Gasteiger partial charge in [-0.05, 0) is 36.6 Å². The number of anilines is 1. The fourth-order valence-electron chi connectivity index (χ4n) is 3.04. The fourth-order valence-corrected chi connectivity index (χ4v) is 3.94. The number of amides is 1. The van der Waals surface area contributed by atoms with Crippen LogP contribution in [0, 0.1) is 15.9 Å². The maximum absolute atomic E-state index is 14.5. The van der Waals surface area contributed by atoms with Crippen molar-refractivity contribution in [1.82, 2.24) is 0 Å². The first kappa shape index (κ1) is 19.2. The van der Waals surface area contributed by atoms with Crippen molar-refractivity contribution in [3.05, 3.63) is 62.4 Å². The second-order valence-corrected chi connectivity index (χ2v) is 8.65. The second-order valence-electron chi connectivity index (χ2n) is 6.20. The first-order valence-electron chi connectivity index (χ1n) is 7.87. The molecular formula is C17H14ClFN2O5S. The van der Waals surface area contributed by atoms with Gasteiger partial charge in [0.1, 0.15) is 5.82 Å². The van der Waals surface area contributed by atoms with Crippen LogP contribution in [0.2, 0.25) is 5.02 Å². The van der Waals surface area contributed by atoms with Gasteiger partial charge >= 0.3 is 0 Å². The van der Waals surface area contributed by atoms with Crippen LogP contribution in [-0.4, -0.2) is 32.0 Å². The Morgan fingerprint density at radius 2 is 1.96 bits per heavy atom. The highest BCUT2D eigenvalue weighted by Crippen LogP contribution is 2.34. The molecule has 1 heterocycles. The molecule has 0 aliphatic carbocycles. The topological polar surface area (TPSA) is 97.6 Å².